The fourth-order valence-electron chi connectivity index (χ4n) is 2.97. The third kappa shape index (κ3) is 3.86. The van der Waals surface area contributed by atoms with E-state index in [4.69, 9.17) is 16.0 Å². The second-order valence-corrected chi connectivity index (χ2v) is 6.64. The van der Waals surface area contributed by atoms with E-state index in [1.54, 1.807) is 0 Å². The van der Waals surface area contributed by atoms with Crippen LogP contribution in [-0.4, -0.2) is 5.11 Å². The normalized spacial score (nSPS) is 12.4. The molecular formula is C20H21ClNO3+. The van der Waals surface area contributed by atoms with Crippen LogP contribution in [0.2, 0.25) is 5.02 Å². The molecule has 5 heteroatoms. The lowest BCUT2D eigenvalue weighted by Crippen LogP contribution is -2.83. The maximum absolute atomic E-state index is 11.8. The maximum atomic E-state index is 11.8. The minimum atomic E-state index is -0.404. The van der Waals surface area contributed by atoms with Crippen molar-refractivity contribution in [3.05, 3.63) is 74.6 Å². The van der Waals surface area contributed by atoms with E-state index < -0.39 is 5.63 Å². The van der Waals surface area contributed by atoms with Gasteiger partial charge in [-0.2, -0.15) is 0 Å². The van der Waals surface area contributed by atoms with Gasteiger partial charge in [0.05, 0.1) is 0 Å². The lowest BCUT2D eigenvalue weighted by Gasteiger charge is -2.13. The monoisotopic (exact) mass is 358 g/mol. The standard InChI is InChI=1S/C20H20ClNO3/c1-3-13-8-17-15(9-20(24)25-19(17)10-18(13)23)11-22-12(2)14-4-6-16(21)7-5-14/h4-10,12,22-23H,3,11H2,1-2H3/p+1/t12-/m1/s1. The van der Waals surface area contributed by atoms with Crippen LogP contribution < -0.4 is 10.9 Å². The van der Waals surface area contributed by atoms with Crippen molar-refractivity contribution in [3.8, 4) is 5.75 Å². The van der Waals surface area contributed by atoms with Gasteiger partial charge in [-0.25, -0.2) is 4.79 Å². The number of benzene rings is 2. The molecule has 25 heavy (non-hydrogen) atoms. The smallest absolute Gasteiger partial charge is 0.336 e. The fourth-order valence-corrected chi connectivity index (χ4v) is 3.09. The third-order valence-electron chi connectivity index (χ3n) is 4.50. The number of hydrogen-bond donors (Lipinski definition) is 2. The highest BCUT2D eigenvalue weighted by molar-refractivity contribution is 6.30. The summed E-state index contributed by atoms with van der Waals surface area (Å²) in [7, 11) is 0. The number of fused-ring (bicyclic) bond motifs is 1. The van der Waals surface area contributed by atoms with E-state index in [9.17, 15) is 9.90 Å². The minimum Gasteiger partial charge on any atom is -0.508 e. The lowest BCUT2D eigenvalue weighted by atomic mass is 10.0. The number of nitrogens with two attached hydrogens (primary N) is 1. The van der Waals surface area contributed by atoms with Gasteiger partial charge in [-0.1, -0.05) is 30.7 Å². The maximum Gasteiger partial charge on any atom is 0.336 e. The summed E-state index contributed by atoms with van der Waals surface area (Å²) in [5.74, 6) is 0.161. The Balaban J connectivity index is 1.90. The van der Waals surface area contributed by atoms with Crippen LogP contribution in [0.1, 0.15) is 36.6 Å². The van der Waals surface area contributed by atoms with E-state index >= 15 is 0 Å². The van der Waals surface area contributed by atoms with E-state index in [1.807, 2.05) is 37.3 Å². The Morgan fingerprint density at radius 1 is 1.16 bits per heavy atom. The van der Waals surface area contributed by atoms with Crippen LogP contribution in [0, 0.1) is 0 Å². The van der Waals surface area contributed by atoms with Crippen molar-refractivity contribution in [1.29, 1.82) is 0 Å². The molecule has 0 radical (unpaired) electrons. The summed E-state index contributed by atoms with van der Waals surface area (Å²) in [6, 6.07) is 13.0. The van der Waals surface area contributed by atoms with E-state index in [0.29, 0.717) is 18.5 Å². The molecule has 3 aromatic rings. The number of hydrogen-bond acceptors (Lipinski definition) is 3. The van der Waals surface area contributed by atoms with E-state index in [1.165, 1.54) is 17.7 Å². The van der Waals surface area contributed by atoms with Gasteiger partial charge in [-0.3, -0.25) is 0 Å². The molecule has 0 fully saturated rings. The first-order chi connectivity index (χ1) is 12.0. The third-order valence-corrected chi connectivity index (χ3v) is 4.75. The summed E-state index contributed by atoms with van der Waals surface area (Å²) in [5, 5.41) is 13.7. The van der Waals surface area contributed by atoms with E-state index in [-0.39, 0.29) is 11.8 Å². The molecule has 3 N–H and O–H groups in total. The molecule has 0 saturated heterocycles. The van der Waals surface area contributed by atoms with Crippen LogP contribution >= 0.6 is 11.6 Å². The van der Waals surface area contributed by atoms with Gasteiger partial charge >= 0.3 is 5.63 Å². The molecule has 0 bridgehead atoms. The van der Waals surface area contributed by atoms with Crippen molar-refractivity contribution in [2.45, 2.75) is 32.9 Å². The van der Waals surface area contributed by atoms with Crippen molar-refractivity contribution in [2.75, 3.05) is 0 Å². The number of aryl methyl sites for hydroxylation is 1. The van der Waals surface area contributed by atoms with Crippen molar-refractivity contribution in [3.63, 3.8) is 0 Å². The van der Waals surface area contributed by atoms with Gasteiger partial charge in [0.25, 0.3) is 0 Å². The van der Waals surface area contributed by atoms with Crippen molar-refractivity contribution < 1.29 is 14.8 Å². The minimum absolute atomic E-state index is 0.161. The zero-order chi connectivity index (χ0) is 18.0. The molecule has 0 saturated carbocycles. The molecule has 1 aromatic heterocycles. The van der Waals surface area contributed by atoms with Crippen molar-refractivity contribution >= 4 is 22.6 Å². The Morgan fingerprint density at radius 3 is 2.56 bits per heavy atom. The number of aromatic hydroxyl groups is 1. The van der Waals surface area contributed by atoms with Crippen LogP contribution in [0.25, 0.3) is 11.0 Å². The van der Waals surface area contributed by atoms with Crippen LogP contribution in [0.15, 0.2) is 51.7 Å². The molecule has 0 amide bonds. The van der Waals surface area contributed by atoms with E-state index in [0.717, 1.165) is 21.5 Å². The number of phenolic OH excluding ortho intramolecular Hbond substituents is 1. The molecule has 0 aliphatic rings. The van der Waals surface area contributed by atoms with Crippen LogP contribution in [0.5, 0.6) is 5.75 Å². The van der Waals surface area contributed by atoms with Gasteiger partial charge in [0, 0.05) is 33.7 Å². The quantitative estimate of drug-likeness (QED) is 0.685. The Hall–Kier alpha value is -2.30. The first kappa shape index (κ1) is 17.5. The van der Waals surface area contributed by atoms with E-state index in [2.05, 4.69) is 12.2 Å². The zero-order valence-electron chi connectivity index (χ0n) is 14.3. The van der Waals surface area contributed by atoms with Crippen LogP contribution in [0.3, 0.4) is 0 Å². The molecule has 0 aliphatic carbocycles. The number of phenols is 1. The summed E-state index contributed by atoms with van der Waals surface area (Å²) in [6.45, 7) is 4.73. The van der Waals surface area contributed by atoms with Gasteiger partial charge in [0.2, 0.25) is 0 Å². The number of halogens is 1. The zero-order valence-corrected chi connectivity index (χ0v) is 15.0. The predicted molar refractivity (Wildman–Crippen MR) is 99.0 cm³/mol. The Bertz CT molecular complexity index is 948. The molecular weight excluding hydrogens is 338 g/mol. The summed E-state index contributed by atoms with van der Waals surface area (Å²) in [4.78, 5) is 11.8. The summed E-state index contributed by atoms with van der Waals surface area (Å²) in [5.41, 5.74) is 2.93. The molecule has 1 heterocycles. The molecule has 2 aromatic carbocycles. The van der Waals surface area contributed by atoms with Crippen molar-refractivity contribution in [2.24, 2.45) is 0 Å². The summed E-state index contributed by atoms with van der Waals surface area (Å²) in [6.07, 6.45) is 0.714. The Labute approximate surface area is 151 Å². The van der Waals surface area contributed by atoms with Crippen molar-refractivity contribution in [1.82, 2.24) is 0 Å². The molecule has 0 spiro atoms. The predicted octanol–water partition coefficient (Wildman–Crippen LogP) is 3.54. The highest BCUT2D eigenvalue weighted by Gasteiger charge is 2.14. The lowest BCUT2D eigenvalue weighted by molar-refractivity contribution is -0.707. The van der Waals surface area contributed by atoms with Gasteiger partial charge in [0.15, 0.2) is 0 Å². The fraction of sp³-hybridized carbons (Fsp3) is 0.250. The molecule has 0 aliphatic heterocycles. The Kier molecular flexibility index (Phi) is 5.11. The molecule has 130 valence electrons. The van der Waals surface area contributed by atoms with Gasteiger partial charge in [-0.15, -0.1) is 0 Å². The average Bonchev–Trinajstić information content (AvgIpc) is 2.59. The average molecular weight is 359 g/mol. The topological polar surface area (TPSA) is 67.0 Å². The van der Waals surface area contributed by atoms with Crippen LogP contribution in [0.4, 0.5) is 0 Å². The largest absolute Gasteiger partial charge is 0.508 e. The number of quaternary nitrogens is 1. The van der Waals surface area contributed by atoms with Gasteiger partial charge < -0.3 is 14.8 Å². The second kappa shape index (κ2) is 7.30. The summed E-state index contributed by atoms with van der Waals surface area (Å²) < 4.78 is 5.24. The first-order valence-corrected chi connectivity index (χ1v) is 8.73. The van der Waals surface area contributed by atoms with Crippen LogP contribution in [-0.2, 0) is 13.0 Å². The molecule has 3 rings (SSSR count). The van der Waals surface area contributed by atoms with Gasteiger partial charge in [-0.05, 0) is 37.1 Å². The highest BCUT2D eigenvalue weighted by Crippen LogP contribution is 2.26. The second-order valence-electron chi connectivity index (χ2n) is 6.20. The summed E-state index contributed by atoms with van der Waals surface area (Å²) >= 11 is 5.94. The Morgan fingerprint density at radius 2 is 1.88 bits per heavy atom. The highest BCUT2D eigenvalue weighted by atomic mass is 35.5. The molecule has 0 unspecified atom stereocenters. The van der Waals surface area contributed by atoms with Gasteiger partial charge in [0.1, 0.15) is 23.9 Å². The number of rotatable bonds is 5. The molecule has 1 atom stereocenters. The molecule has 4 nitrogen and oxygen atoms in total. The SMILES string of the molecule is CCc1cc2c(C[NH2+][C@H](C)c3ccc(Cl)cc3)cc(=O)oc2cc1O. The first-order valence-electron chi connectivity index (χ1n) is 8.35.